The van der Waals surface area contributed by atoms with Crippen LogP contribution in [0.15, 0.2) is 121 Å². The zero-order valence-corrected chi connectivity index (χ0v) is 32.7. The van der Waals surface area contributed by atoms with E-state index in [-0.39, 0.29) is 5.41 Å². The number of benzene rings is 6. The van der Waals surface area contributed by atoms with Crippen LogP contribution in [0.5, 0.6) is 0 Å². The monoisotopic (exact) mass is 706 g/mol. The predicted octanol–water partition coefficient (Wildman–Crippen LogP) is 14.5. The summed E-state index contributed by atoms with van der Waals surface area (Å²) in [4.78, 5) is 4.98. The van der Waals surface area contributed by atoms with E-state index >= 15 is 0 Å². The van der Waals surface area contributed by atoms with E-state index in [1.54, 1.807) is 0 Å². The molecule has 0 spiro atoms. The molecule has 0 amide bonds. The minimum Gasteiger partial charge on any atom is -0.310 e. The Hall–Kier alpha value is -5.08. The molecule has 9 rings (SSSR count). The molecule has 0 heterocycles. The molecule has 0 radical (unpaired) electrons. The fraction of sp³-hybridized carbons (Fsp3) is 0.308. The highest BCUT2D eigenvalue weighted by Gasteiger charge is 2.40. The van der Waals surface area contributed by atoms with Crippen molar-refractivity contribution in [2.45, 2.75) is 104 Å². The van der Waals surface area contributed by atoms with Crippen molar-refractivity contribution in [2.24, 2.45) is 0 Å². The van der Waals surface area contributed by atoms with Gasteiger partial charge in [0.25, 0.3) is 0 Å². The van der Waals surface area contributed by atoms with E-state index in [4.69, 9.17) is 0 Å². The van der Waals surface area contributed by atoms with E-state index < -0.39 is 0 Å². The molecule has 6 aromatic rings. The van der Waals surface area contributed by atoms with Crippen LogP contribution in [0.25, 0.3) is 11.1 Å². The Balaban J connectivity index is 1.16. The van der Waals surface area contributed by atoms with Crippen molar-refractivity contribution in [3.63, 3.8) is 0 Å². The first kappa shape index (κ1) is 34.7. The average Bonchev–Trinajstić information content (AvgIpc) is 3.40. The van der Waals surface area contributed by atoms with E-state index in [9.17, 15) is 0 Å². The second-order valence-corrected chi connectivity index (χ2v) is 16.6. The maximum Gasteiger partial charge on any atom is 0.0465 e. The fourth-order valence-electron chi connectivity index (χ4n) is 9.32. The first-order chi connectivity index (χ1) is 26.4. The number of hydrogen-bond donors (Lipinski definition) is 0. The summed E-state index contributed by atoms with van der Waals surface area (Å²) in [6.45, 7) is 9.21. The lowest BCUT2D eigenvalue weighted by molar-refractivity contribution is 0.481. The highest BCUT2D eigenvalue weighted by Crippen LogP contribution is 2.55. The van der Waals surface area contributed by atoms with Gasteiger partial charge in [0, 0.05) is 39.5 Å². The van der Waals surface area contributed by atoms with Gasteiger partial charge in [-0.05, 0) is 163 Å². The van der Waals surface area contributed by atoms with Crippen LogP contribution in [0, 0.1) is 13.8 Å². The summed E-state index contributed by atoms with van der Waals surface area (Å²) in [5, 5.41) is 0. The van der Waals surface area contributed by atoms with Gasteiger partial charge >= 0.3 is 0 Å². The van der Waals surface area contributed by atoms with Gasteiger partial charge < -0.3 is 9.80 Å². The summed E-state index contributed by atoms with van der Waals surface area (Å²) in [5.74, 6) is 0. The van der Waals surface area contributed by atoms with Gasteiger partial charge in [-0.25, -0.2) is 0 Å². The molecule has 272 valence electrons. The van der Waals surface area contributed by atoms with Gasteiger partial charge in [-0.15, -0.1) is 0 Å². The Labute approximate surface area is 323 Å². The van der Waals surface area contributed by atoms with Crippen LogP contribution < -0.4 is 9.80 Å². The molecular weight excluding hydrogens is 653 g/mol. The zero-order valence-electron chi connectivity index (χ0n) is 32.7. The van der Waals surface area contributed by atoms with Crippen molar-refractivity contribution in [1.82, 2.24) is 0 Å². The molecule has 3 aliphatic rings. The number of aryl methyl sites for hydroxylation is 6. The molecule has 0 N–H and O–H groups in total. The van der Waals surface area contributed by atoms with Crippen molar-refractivity contribution in [3.05, 3.63) is 166 Å². The standard InChI is InChI=1S/C52H54N2/c1-5-6-7-8-9-10-31-52(4)50-34-46(53(42-21-11-36(2)12-22-42)44-25-19-38-15-17-40(38)32-44)27-29-48(50)49-30-28-47(35-51(49)52)54(43-23-13-37(3)14-24-43)45-26-20-39-16-18-41(39)33-45/h11-14,19-30,32-35H,5-10,15-18,31H2,1-4H3. The smallest absolute Gasteiger partial charge is 0.0465 e. The molecule has 2 nitrogen and oxygen atoms in total. The van der Waals surface area contributed by atoms with Gasteiger partial charge in [-0.2, -0.15) is 0 Å². The second-order valence-electron chi connectivity index (χ2n) is 16.6. The van der Waals surface area contributed by atoms with Crippen molar-refractivity contribution in [1.29, 1.82) is 0 Å². The molecule has 3 aliphatic carbocycles. The first-order valence-corrected chi connectivity index (χ1v) is 20.7. The van der Waals surface area contributed by atoms with Gasteiger partial charge in [0.2, 0.25) is 0 Å². The van der Waals surface area contributed by atoms with Gasteiger partial charge in [0.15, 0.2) is 0 Å². The lowest BCUT2D eigenvalue weighted by Crippen LogP contribution is -2.22. The van der Waals surface area contributed by atoms with Crippen LogP contribution in [-0.4, -0.2) is 0 Å². The summed E-state index contributed by atoms with van der Waals surface area (Å²) in [6, 6.07) is 47.0. The summed E-state index contributed by atoms with van der Waals surface area (Å²) in [7, 11) is 0. The summed E-state index contributed by atoms with van der Waals surface area (Å²) < 4.78 is 0. The Morgan fingerprint density at radius 2 is 0.815 bits per heavy atom. The summed E-state index contributed by atoms with van der Waals surface area (Å²) in [6.07, 6.45) is 13.7. The quantitative estimate of drug-likeness (QED) is 0.110. The Kier molecular flexibility index (Phi) is 9.18. The van der Waals surface area contributed by atoms with Crippen molar-refractivity contribution in [2.75, 3.05) is 9.80 Å². The topological polar surface area (TPSA) is 6.48 Å². The predicted molar refractivity (Wildman–Crippen MR) is 230 cm³/mol. The maximum atomic E-state index is 2.54. The average molecular weight is 707 g/mol. The Bertz CT molecular complexity index is 2160. The minimum atomic E-state index is -0.111. The highest BCUT2D eigenvalue weighted by atomic mass is 15.1. The van der Waals surface area contributed by atoms with E-state index in [2.05, 4.69) is 159 Å². The molecule has 0 aromatic heterocycles. The summed E-state index contributed by atoms with van der Waals surface area (Å²) >= 11 is 0. The lowest BCUT2D eigenvalue weighted by atomic mass is 9.75. The number of unbranched alkanes of at least 4 members (excludes halogenated alkanes) is 5. The third-order valence-electron chi connectivity index (χ3n) is 12.8. The van der Waals surface area contributed by atoms with Crippen LogP contribution in [0.3, 0.4) is 0 Å². The van der Waals surface area contributed by atoms with Crippen molar-refractivity contribution >= 4 is 34.1 Å². The van der Waals surface area contributed by atoms with E-state index in [0.717, 1.165) is 6.42 Å². The third-order valence-corrected chi connectivity index (χ3v) is 12.8. The fourth-order valence-corrected chi connectivity index (χ4v) is 9.32. The molecule has 0 bridgehead atoms. The SMILES string of the molecule is CCCCCCCCC1(C)c2cc(N(c3ccc(C)cc3)c3ccc4c(c3)CC4)ccc2-c2ccc(N(c3ccc(C)cc3)c3ccc4c(c3)CC4)cc21. The zero-order chi connectivity index (χ0) is 36.8. The number of fused-ring (bicyclic) bond motifs is 5. The van der Waals surface area contributed by atoms with E-state index in [1.807, 2.05) is 0 Å². The largest absolute Gasteiger partial charge is 0.310 e. The molecule has 2 heteroatoms. The molecule has 0 fully saturated rings. The number of rotatable bonds is 13. The van der Waals surface area contributed by atoms with E-state index in [0.29, 0.717) is 0 Å². The van der Waals surface area contributed by atoms with Crippen LogP contribution >= 0.6 is 0 Å². The van der Waals surface area contributed by atoms with Gasteiger partial charge in [-0.1, -0.05) is 112 Å². The van der Waals surface area contributed by atoms with Gasteiger partial charge in [0.1, 0.15) is 0 Å². The van der Waals surface area contributed by atoms with Crippen molar-refractivity contribution < 1.29 is 0 Å². The molecular formula is C52H54N2. The second kappa shape index (κ2) is 14.3. The number of nitrogens with zero attached hydrogens (tertiary/aromatic N) is 2. The van der Waals surface area contributed by atoms with Crippen LogP contribution in [-0.2, 0) is 31.1 Å². The molecule has 54 heavy (non-hydrogen) atoms. The highest BCUT2D eigenvalue weighted by molar-refractivity contribution is 5.88. The minimum absolute atomic E-state index is 0.111. The maximum absolute atomic E-state index is 2.54. The lowest BCUT2D eigenvalue weighted by Gasteiger charge is -2.32. The molecule has 0 atom stereocenters. The third kappa shape index (κ3) is 6.24. The molecule has 0 unspecified atom stereocenters. The molecule has 6 aromatic carbocycles. The van der Waals surface area contributed by atoms with Crippen molar-refractivity contribution in [3.8, 4) is 11.1 Å². The Morgan fingerprint density at radius 1 is 0.426 bits per heavy atom. The number of anilines is 6. The summed E-state index contributed by atoms with van der Waals surface area (Å²) in [5.41, 5.74) is 21.5. The van der Waals surface area contributed by atoms with Gasteiger partial charge in [-0.3, -0.25) is 0 Å². The van der Waals surface area contributed by atoms with E-state index in [1.165, 1.54) is 154 Å². The molecule has 0 saturated carbocycles. The van der Waals surface area contributed by atoms with Crippen LogP contribution in [0.2, 0.25) is 0 Å². The normalized spacial score (nSPS) is 14.3. The van der Waals surface area contributed by atoms with Crippen LogP contribution in [0.4, 0.5) is 34.1 Å². The Morgan fingerprint density at radius 3 is 1.24 bits per heavy atom. The number of hydrogen-bond acceptors (Lipinski definition) is 2. The molecule has 0 saturated heterocycles. The molecule has 0 aliphatic heterocycles. The van der Waals surface area contributed by atoms with Gasteiger partial charge in [0.05, 0.1) is 0 Å². The first-order valence-electron chi connectivity index (χ1n) is 20.7. The van der Waals surface area contributed by atoms with Crippen LogP contribution in [0.1, 0.15) is 103 Å².